The summed E-state index contributed by atoms with van der Waals surface area (Å²) >= 11 is 0. The number of carbonyl (C=O) groups excluding carboxylic acids is 3. The van der Waals surface area contributed by atoms with Crippen molar-refractivity contribution in [2.75, 3.05) is 45.7 Å². The third-order valence-electron chi connectivity index (χ3n) is 5.19. The molecule has 0 bridgehead atoms. The largest absolute Gasteiger partial charge is 0.444 e. The van der Waals surface area contributed by atoms with Crippen LogP contribution in [0.15, 0.2) is 11.6 Å². The van der Waals surface area contributed by atoms with E-state index < -0.39 is 18.8 Å². The zero-order chi connectivity index (χ0) is 31.7. The lowest BCUT2D eigenvalue weighted by Gasteiger charge is -2.30. The Morgan fingerprint density at radius 3 is 1.61 bits per heavy atom. The number of rotatable bonds is 5. The van der Waals surface area contributed by atoms with Crippen LogP contribution in [-0.2, 0) is 27.9 Å². The number of ketones is 1. The summed E-state index contributed by atoms with van der Waals surface area (Å²) in [5.74, 6) is 0.227. The maximum absolute atomic E-state index is 11.7. The first kappa shape index (κ1) is 38.1. The Morgan fingerprint density at radius 1 is 0.902 bits per heavy atom. The second kappa shape index (κ2) is 18.5. The van der Waals surface area contributed by atoms with Gasteiger partial charge in [-0.15, -0.1) is 0 Å². The van der Waals surface area contributed by atoms with Gasteiger partial charge in [0.1, 0.15) is 17.0 Å². The highest BCUT2D eigenvalue weighted by Crippen LogP contribution is 2.47. The highest BCUT2D eigenvalue weighted by atomic mass is 31.2. The fraction of sp³-hybridized carbons (Fsp3) is 0.750. The van der Waals surface area contributed by atoms with Crippen molar-refractivity contribution >= 4 is 25.6 Å². The van der Waals surface area contributed by atoms with Gasteiger partial charge < -0.3 is 33.2 Å². The van der Waals surface area contributed by atoms with Crippen molar-refractivity contribution in [1.29, 1.82) is 5.26 Å². The van der Waals surface area contributed by atoms with Crippen LogP contribution < -0.4 is 0 Å². The van der Waals surface area contributed by atoms with Gasteiger partial charge in [-0.05, 0) is 68.2 Å². The van der Waals surface area contributed by atoms with E-state index in [0.29, 0.717) is 52.2 Å². The SMILES string of the molecule is CC(C)(C)OC(=O)N1CCC(=CC#N)CC1.CC(C)(C)OC(=O)N1CCC(=O)CC1.[C-]#[N+]CP(=O)(OCC)OCC. The van der Waals surface area contributed by atoms with E-state index in [0.717, 1.165) is 18.4 Å². The Labute approximate surface area is 245 Å². The summed E-state index contributed by atoms with van der Waals surface area (Å²) in [6.07, 6.45) is 3.27. The molecule has 2 saturated heterocycles. The summed E-state index contributed by atoms with van der Waals surface area (Å²) in [6.45, 7) is 23.9. The van der Waals surface area contributed by atoms with Gasteiger partial charge in [0, 0.05) is 45.1 Å². The first-order valence-corrected chi connectivity index (χ1v) is 15.5. The minimum absolute atomic E-state index is 0.186. The molecular formula is C28H47N4O8P. The molecule has 13 heteroatoms. The van der Waals surface area contributed by atoms with Crippen LogP contribution in [0.5, 0.6) is 0 Å². The molecule has 2 aliphatic rings. The predicted octanol–water partition coefficient (Wildman–Crippen LogP) is 6.18. The highest BCUT2D eigenvalue weighted by molar-refractivity contribution is 7.54. The van der Waals surface area contributed by atoms with Gasteiger partial charge in [-0.25, -0.2) is 16.2 Å². The van der Waals surface area contributed by atoms with Crippen LogP contribution in [0.4, 0.5) is 9.59 Å². The molecule has 2 fully saturated rings. The van der Waals surface area contributed by atoms with Crippen molar-refractivity contribution in [3.63, 3.8) is 0 Å². The van der Waals surface area contributed by atoms with Gasteiger partial charge in [-0.2, -0.15) is 5.26 Å². The smallest absolute Gasteiger partial charge is 0.410 e. The van der Waals surface area contributed by atoms with Crippen molar-refractivity contribution in [3.05, 3.63) is 23.1 Å². The molecule has 2 aliphatic heterocycles. The Kier molecular flexibility index (Phi) is 17.2. The number of carbonyl (C=O) groups is 3. The molecule has 0 unspecified atom stereocenters. The van der Waals surface area contributed by atoms with Crippen LogP contribution in [0.2, 0.25) is 0 Å². The molecule has 0 atom stereocenters. The fourth-order valence-electron chi connectivity index (χ4n) is 3.40. The lowest BCUT2D eigenvalue weighted by molar-refractivity contribution is -0.121. The Bertz CT molecular complexity index is 988. The number of likely N-dealkylation sites (tertiary alicyclic amines) is 2. The molecule has 41 heavy (non-hydrogen) atoms. The minimum Gasteiger partial charge on any atom is -0.444 e. The zero-order valence-corrected chi connectivity index (χ0v) is 26.8. The van der Waals surface area contributed by atoms with Gasteiger partial charge in [0.15, 0.2) is 0 Å². The number of Topliss-reactive ketones (excluding diaryl/α,β-unsaturated/α-hetero) is 1. The molecular weight excluding hydrogens is 551 g/mol. The molecule has 0 N–H and O–H groups in total. The molecule has 232 valence electrons. The molecule has 12 nitrogen and oxygen atoms in total. The number of ether oxygens (including phenoxy) is 2. The summed E-state index contributed by atoms with van der Waals surface area (Å²) in [5, 5.41) is 8.51. The summed E-state index contributed by atoms with van der Waals surface area (Å²) < 4.78 is 31.5. The molecule has 0 aromatic rings. The Balaban J connectivity index is 0.000000597. The van der Waals surface area contributed by atoms with E-state index in [9.17, 15) is 18.9 Å². The van der Waals surface area contributed by atoms with Crippen molar-refractivity contribution in [2.24, 2.45) is 0 Å². The van der Waals surface area contributed by atoms with E-state index >= 15 is 0 Å². The average molecular weight is 599 g/mol. The standard InChI is InChI=1S/C12H18N2O2.C10H17NO3.C6H12NO3P/c1-12(2,3)16-11(15)14-8-5-10(4-7-13)6-9-14;1-10(2,3)14-9(13)11-6-4-8(12)5-7-11;1-4-9-11(8,6-7-3)10-5-2/h4H,5-6,8-9H2,1-3H3;4-7H2,1-3H3;4-6H2,1-2H3. The first-order chi connectivity index (χ1) is 19.0. The van der Waals surface area contributed by atoms with Crippen LogP contribution in [0, 0.1) is 17.9 Å². The van der Waals surface area contributed by atoms with Crippen molar-refractivity contribution in [3.8, 4) is 6.07 Å². The summed E-state index contributed by atoms with van der Waals surface area (Å²) in [5.41, 5.74) is 0.209. The minimum atomic E-state index is -3.07. The maximum atomic E-state index is 11.7. The lowest BCUT2D eigenvalue weighted by Crippen LogP contribution is -2.41. The molecule has 0 aliphatic carbocycles. The van der Waals surface area contributed by atoms with Crippen LogP contribution in [0.25, 0.3) is 4.85 Å². The zero-order valence-electron chi connectivity index (χ0n) is 25.9. The van der Waals surface area contributed by atoms with Gasteiger partial charge in [-0.3, -0.25) is 9.36 Å². The van der Waals surface area contributed by atoms with Gasteiger partial charge in [0.2, 0.25) is 0 Å². The molecule has 0 radical (unpaired) electrons. The number of nitrogens with zero attached hydrogens (tertiary/aromatic N) is 4. The predicted molar refractivity (Wildman–Crippen MR) is 155 cm³/mol. The maximum Gasteiger partial charge on any atom is 0.410 e. The number of hydrogen-bond donors (Lipinski definition) is 0. The van der Waals surface area contributed by atoms with Gasteiger partial charge in [0.25, 0.3) is 0 Å². The Hall–Kier alpha value is -2.92. The third kappa shape index (κ3) is 18.2. The van der Waals surface area contributed by atoms with Crippen molar-refractivity contribution < 1.29 is 37.5 Å². The molecule has 2 heterocycles. The fourth-order valence-corrected chi connectivity index (χ4v) is 4.60. The topological polar surface area (TPSA) is 140 Å². The lowest BCUT2D eigenvalue weighted by atomic mass is 10.0. The highest BCUT2D eigenvalue weighted by Gasteiger charge is 2.27. The quantitative estimate of drug-likeness (QED) is 0.206. The Morgan fingerprint density at radius 2 is 1.29 bits per heavy atom. The van der Waals surface area contributed by atoms with Crippen LogP contribution >= 0.6 is 7.60 Å². The van der Waals surface area contributed by atoms with Crippen LogP contribution in [0.3, 0.4) is 0 Å². The third-order valence-corrected chi connectivity index (χ3v) is 6.99. The molecule has 0 aromatic heterocycles. The van der Waals surface area contributed by atoms with Crippen LogP contribution in [0.1, 0.15) is 81.1 Å². The summed E-state index contributed by atoms with van der Waals surface area (Å²) in [6, 6.07) is 2.02. The van der Waals surface area contributed by atoms with Gasteiger partial charge >= 0.3 is 26.1 Å². The summed E-state index contributed by atoms with van der Waals surface area (Å²) in [7, 11) is -3.07. The van der Waals surface area contributed by atoms with E-state index in [2.05, 4.69) is 4.85 Å². The van der Waals surface area contributed by atoms with Crippen LogP contribution in [-0.4, -0.2) is 84.7 Å². The van der Waals surface area contributed by atoms with Gasteiger partial charge in [0.05, 0.1) is 19.3 Å². The van der Waals surface area contributed by atoms with Crippen molar-refractivity contribution in [2.45, 2.75) is 92.3 Å². The first-order valence-electron chi connectivity index (χ1n) is 13.8. The second-order valence-corrected chi connectivity index (χ2v) is 13.2. The number of piperidine rings is 2. The molecule has 0 saturated carbocycles. The summed E-state index contributed by atoms with van der Waals surface area (Å²) in [4.78, 5) is 40.4. The van der Waals surface area contributed by atoms with E-state index in [1.807, 2.05) is 47.6 Å². The normalized spacial score (nSPS) is 15.7. The molecule has 0 aromatic carbocycles. The second-order valence-electron chi connectivity index (χ2n) is 11.2. The van der Waals surface area contributed by atoms with Crippen molar-refractivity contribution in [1.82, 2.24) is 9.80 Å². The molecule has 2 rings (SSSR count). The van der Waals surface area contributed by atoms with E-state index in [-0.39, 0.29) is 24.3 Å². The molecule has 0 spiro atoms. The number of nitriles is 1. The number of allylic oxidation sites excluding steroid dienone is 1. The van der Waals surface area contributed by atoms with Gasteiger partial charge in [-0.1, -0.05) is 5.57 Å². The van der Waals surface area contributed by atoms with E-state index in [1.54, 1.807) is 29.7 Å². The average Bonchev–Trinajstić information content (AvgIpc) is 2.84. The molecule has 2 amide bonds. The number of hydrogen-bond acceptors (Lipinski definition) is 9. The monoisotopic (exact) mass is 598 g/mol. The number of amides is 2. The van der Waals surface area contributed by atoms with E-state index in [1.165, 1.54) is 0 Å². The van der Waals surface area contributed by atoms with E-state index in [4.69, 9.17) is 30.4 Å².